The molecule has 0 saturated heterocycles. The Bertz CT molecular complexity index is 655. The number of rotatable bonds is 5. The van der Waals surface area contributed by atoms with Crippen LogP contribution in [0.15, 0.2) is 30.5 Å². The molecule has 0 saturated carbocycles. The number of nitrogens with zero attached hydrogens (tertiary/aromatic N) is 1. The van der Waals surface area contributed by atoms with Crippen molar-refractivity contribution >= 4 is 22.6 Å². The minimum absolute atomic E-state index is 0.0710. The quantitative estimate of drug-likeness (QED) is 0.794. The summed E-state index contributed by atoms with van der Waals surface area (Å²) in [7, 11) is 0. The van der Waals surface area contributed by atoms with E-state index in [2.05, 4.69) is 29.5 Å². The molecule has 1 aromatic carbocycles. The third kappa shape index (κ3) is 4.18. The maximum atomic E-state index is 12.2. The van der Waals surface area contributed by atoms with Crippen molar-refractivity contribution in [2.75, 3.05) is 11.9 Å². The number of hydrogen-bond acceptors (Lipinski definition) is 3. The van der Waals surface area contributed by atoms with Crippen molar-refractivity contribution in [3.05, 3.63) is 36.0 Å². The van der Waals surface area contributed by atoms with Gasteiger partial charge in [0, 0.05) is 11.6 Å². The number of aliphatic hydroxyl groups is 1. The van der Waals surface area contributed by atoms with Crippen molar-refractivity contribution < 1.29 is 9.90 Å². The van der Waals surface area contributed by atoms with E-state index in [1.54, 1.807) is 6.20 Å². The molecule has 5 heteroatoms. The first-order valence-electron chi connectivity index (χ1n) is 7.53. The van der Waals surface area contributed by atoms with E-state index in [1.165, 1.54) is 0 Å². The molecule has 2 aromatic rings. The smallest absolute Gasteiger partial charge is 0.319 e. The maximum Gasteiger partial charge on any atom is 0.319 e. The van der Waals surface area contributed by atoms with E-state index >= 15 is 0 Å². The van der Waals surface area contributed by atoms with Crippen LogP contribution in [-0.2, 0) is 0 Å². The lowest BCUT2D eigenvalue weighted by Crippen LogP contribution is -2.41. The Morgan fingerprint density at radius 2 is 2.14 bits per heavy atom. The van der Waals surface area contributed by atoms with Crippen molar-refractivity contribution in [3.63, 3.8) is 0 Å². The second kappa shape index (κ2) is 7.22. The van der Waals surface area contributed by atoms with E-state index in [0.717, 1.165) is 22.9 Å². The molecule has 1 atom stereocenters. The second-order valence-electron chi connectivity index (χ2n) is 6.00. The average molecular weight is 301 g/mol. The largest absolute Gasteiger partial charge is 0.394 e. The highest BCUT2D eigenvalue weighted by Gasteiger charge is 2.14. The summed E-state index contributed by atoms with van der Waals surface area (Å²) in [6.07, 6.45) is 2.44. The summed E-state index contributed by atoms with van der Waals surface area (Å²) in [4.78, 5) is 16.5. The Balaban J connectivity index is 2.14. The Morgan fingerprint density at radius 3 is 2.82 bits per heavy atom. The van der Waals surface area contributed by atoms with Gasteiger partial charge >= 0.3 is 6.03 Å². The number of nitrogens with one attached hydrogen (secondary N) is 2. The minimum atomic E-state index is -0.322. The number of aliphatic hydroxyl groups excluding tert-OH is 1. The summed E-state index contributed by atoms with van der Waals surface area (Å²) >= 11 is 0. The van der Waals surface area contributed by atoms with Gasteiger partial charge in [-0.05, 0) is 43.0 Å². The van der Waals surface area contributed by atoms with Crippen molar-refractivity contribution in [1.29, 1.82) is 0 Å². The van der Waals surface area contributed by atoms with Gasteiger partial charge in [0.2, 0.25) is 0 Å². The molecule has 0 radical (unpaired) electrons. The molecule has 22 heavy (non-hydrogen) atoms. The summed E-state index contributed by atoms with van der Waals surface area (Å²) in [5.41, 5.74) is 2.48. The number of aryl methyl sites for hydroxylation is 1. The summed E-state index contributed by atoms with van der Waals surface area (Å²) < 4.78 is 0. The molecule has 0 bridgehead atoms. The molecule has 2 amide bonds. The van der Waals surface area contributed by atoms with E-state index in [1.807, 2.05) is 31.2 Å². The molecule has 0 aliphatic rings. The third-order valence-electron chi connectivity index (χ3n) is 3.41. The number of carbonyl (C=O) groups excluding carboxylic acids is 1. The summed E-state index contributed by atoms with van der Waals surface area (Å²) in [5, 5.41) is 16.0. The van der Waals surface area contributed by atoms with Crippen LogP contribution in [0.1, 0.15) is 25.8 Å². The standard InChI is InChI=1S/C17H23N3O2/c1-11(2)7-14(10-21)19-17(22)20-15-9-12(3)8-13-5-4-6-18-16(13)15/h4-6,8-9,11,14,21H,7,10H2,1-3H3,(H2,19,20,22). The van der Waals surface area contributed by atoms with Crippen LogP contribution in [0.2, 0.25) is 0 Å². The van der Waals surface area contributed by atoms with Crippen LogP contribution in [0.25, 0.3) is 10.9 Å². The van der Waals surface area contributed by atoms with Gasteiger partial charge in [-0.2, -0.15) is 0 Å². The molecule has 3 N–H and O–H groups in total. The molecule has 1 heterocycles. The van der Waals surface area contributed by atoms with Crippen LogP contribution in [0, 0.1) is 12.8 Å². The van der Waals surface area contributed by atoms with Crippen LogP contribution in [0.5, 0.6) is 0 Å². The highest BCUT2D eigenvalue weighted by atomic mass is 16.3. The van der Waals surface area contributed by atoms with E-state index in [4.69, 9.17) is 0 Å². The topological polar surface area (TPSA) is 74.2 Å². The maximum absolute atomic E-state index is 12.2. The first-order valence-corrected chi connectivity index (χ1v) is 7.53. The van der Waals surface area contributed by atoms with Crippen molar-refractivity contribution in [2.45, 2.75) is 33.2 Å². The van der Waals surface area contributed by atoms with E-state index in [0.29, 0.717) is 11.6 Å². The molecular formula is C17H23N3O2. The lowest BCUT2D eigenvalue weighted by molar-refractivity contribution is 0.214. The number of amides is 2. The van der Waals surface area contributed by atoms with Gasteiger partial charge in [0.05, 0.1) is 23.9 Å². The van der Waals surface area contributed by atoms with Crippen molar-refractivity contribution in [3.8, 4) is 0 Å². The van der Waals surface area contributed by atoms with Gasteiger partial charge in [-0.1, -0.05) is 19.9 Å². The second-order valence-corrected chi connectivity index (χ2v) is 6.00. The summed E-state index contributed by atoms with van der Waals surface area (Å²) in [6.45, 7) is 6.02. The molecule has 1 unspecified atom stereocenters. The predicted octanol–water partition coefficient (Wildman–Crippen LogP) is 3.07. The summed E-state index contributed by atoms with van der Waals surface area (Å²) in [5.74, 6) is 0.402. The molecule has 0 spiro atoms. The molecule has 0 aliphatic heterocycles. The van der Waals surface area contributed by atoms with Gasteiger partial charge < -0.3 is 15.7 Å². The van der Waals surface area contributed by atoms with Crippen LogP contribution in [0.4, 0.5) is 10.5 Å². The number of benzene rings is 1. The monoisotopic (exact) mass is 301 g/mol. The number of anilines is 1. The van der Waals surface area contributed by atoms with Gasteiger partial charge in [0.15, 0.2) is 0 Å². The number of urea groups is 1. The Morgan fingerprint density at radius 1 is 1.36 bits per heavy atom. The number of aromatic nitrogens is 1. The first kappa shape index (κ1) is 16.2. The Kier molecular flexibility index (Phi) is 5.33. The number of carbonyl (C=O) groups is 1. The molecule has 5 nitrogen and oxygen atoms in total. The van der Waals surface area contributed by atoms with E-state index in [-0.39, 0.29) is 18.7 Å². The van der Waals surface area contributed by atoms with Gasteiger partial charge in [-0.15, -0.1) is 0 Å². The van der Waals surface area contributed by atoms with Crippen LogP contribution in [0.3, 0.4) is 0 Å². The molecule has 1 aromatic heterocycles. The lowest BCUT2D eigenvalue weighted by atomic mass is 10.0. The lowest BCUT2D eigenvalue weighted by Gasteiger charge is -2.19. The van der Waals surface area contributed by atoms with Gasteiger partial charge in [-0.25, -0.2) is 4.79 Å². The van der Waals surface area contributed by atoms with Crippen LogP contribution >= 0.6 is 0 Å². The van der Waals surface area contributed by atoms with Gasteiger partial charge in [0.25, 0.3) is 0 Å². The fraction of sp³-hybridized carbons (Fsp3) is 0.412. The molecule has 0 fully saturated rings. The SMILES string of the molecule is Cc1cc(NC(=O)NC(CO)CC(C)C)c2ncccc2c1. The molecule has 2 rings (SSSR count). The van der Waals surface area contributed by atoms with Gasteiger partial charge in [-0.3, -0.25) is 4.98 Å². The minimum Gasteiger partial charge on any atom is -0.394 e. The summed E-state index contributed by atoms with van der Waals surface area (Å²) in [6, 6.07) is 7.19. The predicted molar refractivity (Wildman–Crippen MR) is 89.0 cm³/mol. The third-order valence-corrected chi connectivity index (χ3v) is 3.41. The number of hydrogen-bond donors (Lipinski definition) is 3. The van der Waals surface area contributed by atoms with Crippen molar-refractivity contribution in [2.24, 2.45) is 5.92 Å². The van der Waals surface area contributed by atoms with Gasteiger partial charge in [0.1, 0.15) is 0 Å². The fourth-order valence-electron chi connectivity index (χ4n) is 2.53. The van der Waals surface area contributed by atoms with E-state index in [9.17, 15) is 9.90 Å². The Hall–Kier alpha value is -2.14. The highest BCUT2D eigenvalue weighted by molar-refractivity contribution is 6.00. The average Bonchev–Trinajstić information content (AvgIpc) is 2.45. The van der Waals surface area contributed by atoms with Crippen LogP contribution < -0.4 is 10.6 Å². The Labute approximate surface area is 130 Å². The zero-order chi connectivity index (χ0) is 16.1. The number of fused-ring (bicyclic) bond motifs is 1. The van der Waals surface area contributed by atoms with E-state index < -0.39 is 0 Å². The number of pyridine rings is 1. The fourth-order valence-corrected chi connectivity index (χ4v) is 2.53. The zero-order valence-electron chi connectivity index (χ0n) is 13.3. The van der Waals surface area contributed by atoms with Crippen molar-refractivity contribution in [1.82, 2.24) is 10.3 Å². The molecule has 0 aliphatic carbocycles. The molecule has 118 valence electrons. The normalized spacial score (nSPS) is 12.4. The van der Waals surface area contributed by atoms with Crippen LogP contribution in [-0.4, -0.2) is 28.8 Å². The highest BCUT2D eigenvalue weighted by Crippen LogP contribution is 2.23. The zero-order valence-corrected chi connectivity index (χ0v) is 13.3. The first-order chi connectivity index (χ1) is 10.5. The molecular weight excluding hydrogens is 278 g/mol.